The van der Waals surface area contributed by atoms with Gasteiger partial charge in [0.1, 0.15) is 11.5 Å². The number of anilines is 1. The Morgan fingerprint density at radius 3 is 2.47 bits per heavy atom. The third kappa shape index (κ3) is 2.55. The molecule has 0 saturated heterocycles. The topological polar surface area (TPSA) is 77.6 Å². The smallest absolute Gasteiger partial charge is 0.182 e. The van der Waals surface area contributed by atoms with Gasteiger partial charge in [0.25, 0.3) is 0 Å². The van der Waals surface area contributed by atoms with Crippen molar-refractivity contribution in [2.45, 2.75) is 26.2 Å². The Morgan fingerprint density at radius 2 is 1.88 bits per heavy atom. The van der Waals surface area contributed by atoms with Crippen molar-refractivity contribution < 1.29 is 0 Å². The summed E-state index contributed by atoms with van der Waals surface area (Å²) < 4.78 is 0. The molecule has 2 N–H and O–H groups in total. The first-order valence-corrected chi connectivity index (χ1v) is 5.38. The summed E-state index contributed by atoms with van der Waals surface area (Å²) in [5, 5.41) is 0. The molecule has 0 aliphatic heterocycles. The summed E-state index contributed by atoms with van der Waals surface area (Å²) in [5.41, 5.74) is 7.24. The first-order chi connectivity index (χ1) is 7.97. The van der Waals surface area contributed by atoms with Crippen LogP contribution in [0.2, 0.25) is 0 Å². The Hall–Kier alpha value is -2.04. The van der Waals surface area contributed by atoms with Crippen molar-refractivity contribution in [3.8, 4) is 11.5 Å². The summed E-state index contributed by atoms with van der Waals surface area (Å²) >= 11 is 0. The minimum absolute atomic E-state index is 0.0754. The zero-order valence-electron chi connectivity index (χ0n) is 10.2. The van der Waals surface area contributed by atoms with Crippen LogP contribution in [0.25, 0.3) is 11.5 Å². The predicted molar refractivity (Wildman–Crippen MR) is 66.2 cm³/mol. The summed E-state index contributed by atoms with van der Waals surface area (Å²) in [7, 11) is 0. The molecule has 2 aromatic heterocycles. The lowest BCUT2D eigenvalue weighted by atomic mass is 9.92. The molecule has 0 spiro atoms. The number of hydrogen-bond donors (Lipinski definition) is 1. The highest BCUT2D eigenvalue weighted by Crippen LogP contribution is 2.23. The van der Waals surface area contributed by atoms with E-state index in [1.54, 1.807) is 24.7 Å². The summed E-state index contributed by atoms with van der Waals surface area (Å²) in [4.78, 5) is 16.8. The lowest BCUT2D eigenvalue weighted by Gasteiger charge is -2.18. The van der Waals surface area contributed by atoms with Gasteiger partial charge in [-0.05, 0) is 0 Å². The van der Waals surface area contributed by atoms with E-state index < -0.39 is 0 Å². The molecule has 2 rings (SSSR count). The minimum Gasteiger partial charge on any atom is -0.384 e. The van der Waals surface area contributed by atoms with Gasteiger partial charge in [0, 0.05) is 23.9 Å². The quantitative estimate of drug-likeness (QED) is 0.807. The van der Waals surface area contributed by atoms with Crippen LogP contribution in [-0.4, -0.2) is 19.9 Å². The highest BCUT2D eigenvalue weighted by atomic mass is 15.0. The van der Waals surface area contributed by atoms with Gasteiger partial charge in [-0.1, -0.05) is 20.8 Å². The van der Waals surface area contributed by atoms with Crippen LogP contribution in [-0.2, 0) is 5.41 Å². The SMILES string of the molecule is CC(C)(C)c1cc(N)nc(-c2cnccn2)n1. The van der Waals surface area contributed by atoms with Gasteiger partial charge in [0.05, 0.1) is 11.9 Å². The van der Waals surface area contributed by atoms with Crippen LogP contribution in [0.15, 0.2) is 24.7 Å². The number of rotatable bonds is 1. The monoisotopic (exact) mass is 229 g/mol. The maximum atomic E-state index is 5.79. The summed E-state index contributed by atoms with van der Waals surface area (Å²) in [6.45, 7) is 6.24. The third-order valence-electron chi connectivity index (χ3n) is 2.31. The number of hydrogen-bond acceptors (Lipinski definition) is 5. The lowest BCUT2D eigenvalue weighted by molar-refractivity contribution is 0.568. The molecule has 0 aliphatic rings. The van der Waals surface area contributed by atoms with Crippen molar-refractivity contribution in [1.29, 1.82) is 0 Å². The van der Waals surface area contributed by atoms with Crippen LogP contribution in [0.3, 0.4) is 0 Å². The fourth-order valence-electron chi connectivity index (χ4n) is 1.38. The molecule has 5 nitrogen and oxygen atoms in total. The van der Waals surface area contributed by atoms with Crippen molar-refractivity contribution >= 4 is 5.82 Å². The molecule has 0 aliphatic carbocycles. The van der Waals surface area contributed by atoms with E-state index in [1.165, 1.54) is 0 Å². The van der Waals surface area contributed by atoms with E-state index in [0.29, 0.717) is 17.3 Å². The first kappa shape index (κ1) is 11.4. The normalized spacial score (nSPS) is 11.5. The molecule has 0 aromatic carbocycles. The molecule has 0 atom stereocenters. The van der Waals surface area contributed by atoms with Gasteiger partial charge in [-0.15, -0.1) is 0 Å². The van der Waals surface area contributed by atoms with Crippen LogP contribution >= 0.6 is 0 Å². The van der Waals surface area contributed by atoms with E-state index in [2.05, 4.69) is 40.7 Å². The van der Waals surface area contributed by atoms with Gasteiger partial charge < -0.3 is 5.73 Å². The predicted octanol–water partition coefficient (Wildman–Crippen LogP) is 1.81. The highest BCUT2D eigenvalue weighted by Gasteiger charge is 2.18. The van der Waals surface area contributed by atoms with Gasteiger partial charge >= 0.3 is 0 Å². The standard InChI is InChI=1S/C12H15N5/c1-12(2,3)9-6-10(13)17-11(16-9)8-7-14-4-5-15-8/h4-7H,1-3H3,(H2,13,16,17). The molecule has 2 aromatic rings. The van der Waals surface area contributed by atoms with Gasteiger partial charge in [0.15, 0.2) is 5.82 Å². The molecule has 17 heavy (non-hydrogen) atoms. The molecule has 0 fully saturated rings. The number of nitrogens with zero attached hydrogens (tertiary/aromatic N) is 4. The number of aromatic nitrogens is 4. The van der Waals surface area contributed by atoms with E-state index >= 15 is 0 Å². The van der Waals surface area contributed by atoms with Gasteiger partial charge in [-0.2, -0.15) is 0 Å². The van der Waals surface area contributed by atoms with Gasteiger partial charge in [0.2, 0.25) is 0 Å². The Bertz CT molecular complexity index is 516. The molecular formula is C12H15N5. The highest BCUT2D eigenvalue weighted by molar-refractivity contribution is 5.51. The maximum absolute atomic E-state index is 5.79. The average Bonchev–Trinajstić information content (AvgIpc) is 2.28. The molecule has 88 valence electrons. The third-order valence-corrected chi connectivity index (χ3v) is 2.31. The van der Waals surface area contributed by atoms with Crippen LogP contribution in [0.5, 0.6) is 0 Å². The molecule has 5 heteroatoms. The fourth-order valence-corrected chi connectivity index (χ4v) is 1.38. The summed E-state index contributed by atoms with van der Waals surface area (Å²) in [5.74, 6) is 0.966. The Morgan fingerprint density at radius 1 is 1.12 bits per heavy atom. The lowest BCUT2D eigenvalue weighted by Crippen LogP contribution is -2.15. The molecular weight excluding hydrogens is 214 g/mol. The zero-order chi connectivity index (χ0) is 12.5. The van der Waals surface area contributed by atoms with Crippen LogP contribution in [0, 0.1) is 0 Å². The second-order valence-electron chi connectivity index (χ2n) is 4.84. The average molecular weight is 229 g/mol. The Labute approximate surface area is 100 Å². The van der Waals surface area contributed by atoms with Crippen molar-refractivity contribution in [2.75, 3.05) is 5.73 Å². The molecule has 0 radical (unpaired) electrons. The second-order valence-corrected chi connectivity index (χ2v) is 4.84. The summed E-state index contributed by atoms with van der Waals surface area (Å²) in [6.07, 6.45) is 4.85. The van der Waals surface area contributed by atoms with Gasteiger partial charge in [-0.25, -0.2) is 15.0 Å². The fraction of sp³-hybridized carbons (Fsp3) is 0.333. The van der Waals surface area contributed by atoms with Crippen LogP contribution in [0.1, 0.15) is 26.5 Å². The van der Waals surface area contributed by atoms with E-state index in [1.807, 2.05) is 0 Å². The van der Waals surface area contributed by atoms with Crippen molar-refractivity contribution in [3.05, 3.63) is 30.4 Å². The molecule has 0 bridgehead atoms. The molecule has 0 unspecified atom stereocenters. The number of nitrogens with two attached hydrogens (primary N) is 1. The Balaban J connectivity index is 2.54. The van der Waals surface area contributed by atoms with Crippen molar-refractivity contribution in [3.63, 3.8) is 0 Å². The van der Waals surface area contributed by atoms with E-state index in [9.17, 15) is 0 Å². The van der Waals surface area contributed by atoms with E-state index in [0.717, 1.165) is 5.69 Å². The molecule has 2 heterocycles. The largest absolute Gasteiger partial charge is 0.384 e. The number of nitrogen functional groups attached to an aromatic ring is 1. The molecule has 0 amide bonds. The van der Waals surface area contributed by atoms with E-state index in [-0.39, 0.29) is 5.41 Å². The van der Waals surface area contributed by atoms with Gasteiger partial charge in [-0.3, -0.25) is 4.98 Å². The van der Waals surface area contributed by atoms with E-state index in [4.69, 9.17) is 5.73 Å². The van der Waals surface area contributed by atoms with Crippen molar-refractivity contribution in [2.24, 2.45) is 0 Å². The molecule has 0 saturated carbocycles. The minimum atomic E-state index is -0.0754. The van der Waals surface area contributed by atoms with Crippen LogP contribution < -0.4 is 5.73 Å². The summed E-state index contributed by atoms with van der Waals surface area (Å²) in [6, 6.07) is 1.79. The van der Waals surface area contributed by atoms with Crippen molar-refractivity contribution in [1.82, 2.24) is 19.9 Å². The Kier molecular flexibility index (Phi) is 2.75. The van der Waals surface area contributed by atoms with Crippen LogP contribution in [0.4, 0.5) is 5.82 Å². The zero-order valence-corrected chi connectivity index (χ0v) is 10.2. The maximum Gasteiger partial charge on any atom is 0.182 e. The first-order valence-electron chi connectivity index (χ1n) is 5.38. The second kappa shape index (κ2) is 4.08.